The van der Waals surface area contributed by atoms with Gasteiger partial charge in [0.15, 0.2) is 0 Å². The van der Waals surface area contributed by atoms with Gasteiger partial charge in [-0.15, -0.1) is 0 Å². The maximum absolute atomic E-state index is 12.3. The number of rotatable bonds is 6. The topological polar surface area (TPSA) is 50.4 Å². The molecule has 0 aromatic heterocycles. The van der Waals surface area contributed by atoms with Crippen LogP contribution < -0.4 is 15.4 Å². The number of anilines is 1. The molecule has 1 fully saturated rings. The van der Waals surface area contributed by atoms with Gasteiger partial charge in [0, 0.05) is 13.0 Å². The number of carbonyl (C=O) groups is 1. The van der Waals surface area contributed by atoms with Crippen LogP contribution in [0.2, 0.25) is 0 Å². The molecule has 1 aliphatic heterocycles. The number of amides is 1. The van der Waals surface area contributed by atoms with Gasteiger partial charge in [0.25, 0.3) is 0 Å². The summed E-state index contributed by atoms with van der Waals surface area (Å²) in [5.74, 6) is 0.837. The second kappa shape index (κ2) is 7.79. The quantitative estimate of drug-likeness (QED) is 0.862. The third-order valence-corrected chi connectivity index (χ3v) is 4.07. The second-order valence-corrected chi connectivity index (χ2v) is 5.76. The Morgan fingerprint density at radius 1 is 1.13 bits per heavy atom. The van der Waals surface area contributed by atoms with Gasteiger partial charge in [0.2, 0.25) is 5.91 Å². The normalized spacial score (nSPS) is 17.0. The fourth-order valence-electron chi connectivity index (χ4n) is 2.73. The van der Waals surface area contributed by atoms with Gasteiger partial charge >= 0.3 is 0 Å². The lowest BCUT2D eigenvalue weighted by molar-refractivity contribution is -0.119. The molecule has 1 atom stereocenters. The maximum atomic E-state index is 12.3. The first-order chi connectivity index (χ1) is 11.3. The molecule has 120 valence electrons. The second-order valence-electron chi connectivity index (χ2n) is 5.76. The Labute approximate surface area is 136 Å². The summed E-state index contributed by atoms with van der Waals surface area (Å²) < 4.78 is 5.87. The van der Waals surface area contributed by atoms with Crippen molar-refractivity contribution in [3.8, 4) is 5.75 Å². The Balaban J connectivity index is 1.58. The SMILES string of the molecule is O=C(Nc1ccccc1OCCc1ccccc1)[C@H]1CCNC1. The lowest BCUT2D eigenvalue weighted by Gasteiger charge is -2.14. The summed E-state index contributed by atoms with van der Waals surface area (Å²) in [5.41, 5.74) is 1.99. The van der Waals surface area contributed by atoms with Crippen LogP contribution in [0.4, 0.5) is 5.69 Å². The van der Waals surface area contributed by atoms with E-state index in [9.17, 15) is 4.79 Å². The number of hydrogen-bond acceptors (Lipinski definition) is 3. The maximum Gasteiger partial charge on any atom is 0.228 e. The van der Waals surface area contributed by atoms with Crippen molar-refractivity contribution in [2.24, 2.45) is 5.92 Å². The molecule has 1 saturated heterocycles. The van der Waals surface area contributed by atoms with Gasteiger partial charge in [0.05, 0.1) is 18.2 Å². The summed E-state index contributed by atoms with van der Waals surface area (Å²) >= 11 is 0. The van der Waals surface area contributed by atoms with E-state index >= 15 is 0 Å². The Morgan fingerprint density at radius 3 is 2.70 bits per heavy atom. The van der Waals surface area contributed by atoms with Gasteiger partial charge in [-0.1, -0.05) is 42.5 Å². The summed E-state index contributed by atoms with van der Waals surface area (Å²) in [6.07, 6.45) is 1.73. The van der Waals surface area contributed by atoms with E-state index in [2.05, 4.69) is 22.8 Å². The van der Waals surface area contributed by atoms with Crippen molar-refractivity contribution in [1.82, 2.24) is 5.32 Å². The zero-order valence-corrected chi connectivity index (χ0v) is 13.1. The van der Waals surface area contributed by atoms with Crippen molar-refractivity contribution in [2.45, 2.75) is 12.8 Å². The average molecular weight is 310 g/mol. The molecule has 2 aromatic rings. The van der Waals surface area contributed by atoms with E-state index in [1.165, 1.54) is 5.56 Å². The minimum Gasteiger partial charge on any atom is -0.491 e. The van der Waals surface area contributed by atoms with Gasteiger partial charge in [-0.2, -0.15) is 0 Å². The monoisotopic (exact) mass is 310 g/mol. The predicted molar refractivity (Wildman–Crippen MR) is 91.7 cm³/mol. The van der Waals surface area contributed by atoms with Crippen LogP contribution in [0.15, 0.2) is 54.6 Å². The molecule has 4 nitrogen and oxygen atoms in total. The van der Waals surface area contributed by atoms with E-state index in [0.29, 0.717) is 6.61 Å². The van der Waals surface area contributed by atoms with E-state index in [0.717, 1.165) is 37.4 Å². The molecular weight excluding hydrogens is 288 g/mol. The van der Waals surface area contributed by atoms with Crippen LogP contribution in [0.25, 0.3) is 0 Å². The van der Waals surface area contributed by atoms with Crippen LogP contribution in [-0.4, -0.2) is 25.6 Å². The van der Waals surface area contributed by atoms with Gasteiger partial charge in [-0.25, -0.2) is 0 Å². The predicted octanol–water partition coefficient (Wildman–Crippen LogP) is 2.86. The molecule has 0 bridgehead atoms. The number of hydrogen-bond donors (Lipinski definition) is 2. The van der Waals surface area contributed by atoms with Crippen LogP contribution in [0.3, 0.4) is 0 Å². The van der Waals surface area contributed by atoms with E-state index in [1.54, 1.807) is 0 Å². The van der Waals surface area contributed by atoms with E-state index in [1.807, 2.05) is 42.5 Å². The first-order valence-corrected chi connectivity index (χ1v) is 8.10. The summed E-state index contributed by atoms with van der Waals surface area (Å²) in [6.45, 7) is 2.25. The third-order valence-electron chi connectivity index (χ3n) is 4.07. The first kappa shape index (κ1) is 15.6. The summed E-state index contributed by atoms with van der Waals surface area (Å²) in [5, 5.41) is 6.21. The summed E-state index contributed by atoms with van der Waals surface area (Å²) in [7, 11) is 0. The molecule has 1 heterocycles. The molecule has 3 rings (SSSR count). The minimum absolute atomic E-state index is 0.0485. The van der Waals surface area contributed by atoms with Gasteiger partial charge in [0.1, 0.15) is 5.75 Å². The highest BCUT2D eigenvalue weighted by atomic mass is 16.5. The van der Waals surface area contributed by atoms with E-state index in [4.69, 9.17) is 4.74 Å². The number of carbonyl (C=O) groups excluding carboxylic acids is 1. The van der Waals surface area contributed by atoms with Crippen LogP contribution in [0, 0.1) is 5.92 Å². The minimum atomic E-state index is 0.0485. The fraction of sp³-hybridized carbons (Fsp3) is 0.316. The van der Waals surface area contributed by atoms with Crippen molar-refractivity contribution >= 4 is 11.6 Å². The van der Waals surface area contributed by atoms with E-state index < -0.39 is 0 Å². The van der Waals surface area contributed by atoms with Crippen molar-refractivity contribution in [3.63, 3.8) is 0 Å². The van der Waals surface area contributed by atoms with Gasteiger partial charge in [-0.05, 0) is 30.7 Å². The largest absolute Gasteiger partial charge is 0.491 e. The molecular formula is C19H22N2O2. The lowest BCUT2D eigenvalue weighted by Crippen LogP contribution is -2.24. The van der Waals surface area contributed by atoms with Crippen molar-refractivity contribution < 1.29 is 9.53 Å². The number of ether oxygens (including phenoxy) is 1. The summed E-state index contributed by atoms with van der Waals surface area (Å²) in [6, 6.07) is 17.8. The van der Waals surface area contributed by atoms with Crippen LogP contribution >= 0.6 is 0 Å². The van der Waals surface area contributed by atoms with Gasteiger partial charge in [-0.3, -0.25) is 4.79 Å². The molecule has 23 heavy (non-hydrogen) atoms. The van der Waals surface area contributed by atoms with Crippen LogP contribution in [0.5, 0.6) is 5.75 Å². The molecule has 2 N–H and O–H groups in total. The fourth-order valence-corrected chi connectivity index (χ4v) is 2.73. The lowest BCUT2D eigenvalue weighted by atomic mass is 10.1. The van der Waals surface area contributed by atoms with E-state index in [-0.39, 0.29) is 11.8 Å². The average Bonchev–Trinajstić information content (AvgIpc) is 3.12. The Hall–Kier alpha value is -2.33. The molecule has 2 aromatic carbocycles. The van der Waals surface area contributed by atoms with Crippen molar-refractivity contribution in [3.05, 3.63) is 60.2 Å². The standard InChI is InChI=1S/C19H22N2O2/c22-19(16-10-12-20-14-16)21-17-8-4-5-9-18(17)23-13-11-15-6-2-1-3-7-15/h1-9,16,20H,10-14H2,(H,21,22)/t16-/m0/s1. The Bertz CT molecular complexity index is 637. The Morgan fingerprint density at radius 2 is 1.91 bits per heavy atom. The highest BCUT2D eigenvalue weighted by molar-refractivity contribution is 5.94. The molecule has 0 saturated carbocycles. The molecule has 1 aliphatic rings. The van der Waals surface area contributed by atoms with Crippen LogP contribution in [0.1, 0.15) is 12.0 Å². The molecule has 0 unspecified atom stereocenters. The molecule has 0 radical (unpaired) electrons. The Kier molecular flexibility index (Phi) is 5.27. The van der Waals surface area contributed by atoms with Crippen molar-refractivity contribution in [1.29, 1.82) is 0 Å². The zero-order valence-electron chi connectivity index (χ0n) is 13.1. The molecule has 0 aliphatic carbocycles. The number of para-hydroxylation sites is 2. The molecule has 4 heteroatoms. The first-order valence-electron chi connectivity index (χ1n) is 8.10. The smallest absolute Gasteiger partial charge is 0.228 e. The zero-order chi connectivity index (χ0) is 15.9. The third kappa shape index (κ3) is 4.33. The summed E-state index contributed by atoms with van der Waals surface area (Å²) in [4.78, 5) is 12.3. The number of nitrogens with one attached hydrogen (secondary N) is 2. The van der Waals surface area contributed by atoms with Crippen LogP contribution in [-0.2, 0) is 11.2 Å². The van der Waals surface area contributed by atoms with Crippen molar-refractivity contribution in [2.75, 3.05) is 25.0 Å². The molecule has 0 spiro atoms. The molecule has 1 amide bonds. The highest BCUT2D eigenvalue weighted by Gasteiger charge is 2.23. The number of benzene rings is 2. The highest BCUT2D eigenvalue weighted by Crippen LogP contribution is 2.25. The van der Waals surface area contributed by atoms with Gasteiger partial charge < -0.3 is 15.4 Å².